The second-order valence-corrected chi connectivity index (χ2v) is 3.03. The van der Waals surface area contributed by atoms with Crippen molar-refractivity contribution in [2.75, 3.05) is 5.84 Å². The second-order valence-electron chi connectivity index (χ2n) is 2.65. The monoisotopic (exact) mass is 224 g/mol. The van der Waals surface area contributed by atoms with Crippen LogP contribution in [0.15, 0.2) is 18.6 Å². The number of aromatic amines is 1. The van der Waals surface area contributed by atoms with Gasteiger partial charge in [-0.3, -0.25) is 10.1 Å². The van der Waals surface area contributed by atoms with Crippen LogP contribution in [0.1, 0.15) is 5.82 Å². The topological polar surface area (TPSA) is 94.6 Å². The molecule has 0 aromatic carbocycles. The Morgan fingerprint density at radius 3 is 3.00 bits per heavy atom. The summed E-state index contributed by atoms with van der Waals surface area (Å²) in [6.45, 7) is 0.183. The molecule has 2 rings (SSSR count). The first-order chi connectivity index (χ1) is 7.27. The van der Waals surface area contributed by atoms with Gasteiger partial charge in [0.25, 0.3) is 0 Å². The maximum Gasteiger partial charge on any atom is 0.232 e. The van der Waals surface area contributed by atoms with Gasteiger partial charge in [0.05, 0.1) is 6.20 Å². The zero-order chi connectivity index (χ0) is 10.7. The van der Waals surface area contributed by atoms with E-state index in [9.17, 15) is 0 Å². The Balaban J connectivity index is 2.06. The fourth-order valence-electron chi connectivity index (χ4n) is 0.938. The lowest BCUT2D eigenvalue weighted by Gasteiger charge is -2.02. The van der Waals surface area contributed by atoms with Crippen molar-refractivity contribution in [2.45, 2.75) is 6.61 Å². The molecule has 2 aromatic rings. The van der Waals surface area contributed by atoms with E-state index in [4.69, 9.17) is 22.8 Å². The van der Waals surface area contributed by atoms with Gasteiger partial charge in [0.15, 0.2) is 12.4 Å². The fourth-order valence-corrected chi connectivity index (χ4v) is 1.09. The first kappa shape index (κ1) is 9.59. The van der Waals surface area contributed by atoms with E-state index in [1.165, 1.54) is 17.1 Å². The third-order valence-corrected chi connectivity index (χ3v) is 1.95. The van der Waals surface area contributed by atoms with Crippen LogP contribution in [0.5, 0.6) is 5.88 Å². The number of H-pyrrole nitrogens is 1. The van der Waals surface area contributed by atoms with E-state index in [0.29, 0.717) is 16.5 Å². The summed E-state index contributed by atoms with van der Waals surface area (Å²) in [6, 6.07) is 0. The summed E-state index contributed by atoms with van der Waals surface area (Å²) < 4.78 is 6.87. The Kier molecular flexibility index (Phi) is 2.59. The van der Waals surface area contributed by atoms with Crippen LogP contribution in [-0.4, -0.2) is 24.8 Å². The predicted molar refractivity (Wildman–Crippen MR) is 53.9 cm³/mol. The molecule has 2 aromatic heterocycles. The lowest BCUT2D eigenvalue weighted by molar-refractivity contribution is 0.279. The molecule has 0 saturated heterocycles. The van der Waals surface area contributed by atoms with Crippen LogP contribution in [0.2, 0.25) is 0 Å². The Morgan fingerprint density at radius 2 is 2.40 bits per heavy atom. The van der Waals surface area contributed by atoms with Gasteiger partial charge in [0, 0.05) is 12.4 Å². The first-order valence-corrected chi connectivity index (χ1v) is 4.48. The van der Waals surface area contributed by atoms with E-state index < -0.39 is 0 Å². The second kappa shape index (κ2) is 4.05. The zero-order valence-corrected chi connectivity index (χ0v) is 8.44. The van der Waals surface area contributed by atoms with E-state index in [2.05, 4.69) is 20.2 Å². The Labute approximate surface area is 89.9 Å². The molecule has 0 radical (unpaired) electrons. The van der Waals surface area contributed by atoms with E-state index in [1.54, 1.807) is 6.20 Å². The smallest absolute Gasteiger partial charge is 0.232 e. The van der Waals surface area contributed by atoms with Crippen LogP contribution in [0, 0.1) is 4.77 Å². The van der Waals surface area contributed by atoms with E-state index in [1.807, 2.05) is 0 Å². The quantitative estimate of drug-likeness (QED) is 0.564. The molecule has 2 heterocycles. The van der Waals surface area contributed by atoms with E-state index >= 15 is 0 Å². The van der Waals surface area contributed by atoms with Crippen LogP contribution in [0.3, 0.4) is 0 Å². The molecule has 3 N–H and O–H groups in total. The van der Waals surface area contributed by atoms with Crippen LogP contribution in [0.4, 0.5) is 0 Å². The molecule has 0 spiro atoms. The number of nitrogens with one attached hydrogen (secondary N) is 1. The van der Waals surface area contributed by atoms with Gasteiger partial charge >= 0.3 is 0 Å². The lowest BCUT2D eigenvalue weighted by atomic mass is 10.6. The maximum absolute atomic E-state index is 5.57. The third kappa shape index (κ3) is 2.10. The normalized spacial score (nSPS) is 10.1. The highest BCUT2D eigenvalue weighted by atomic mass is 32.1. The number of nitrogens with two attached hydrogens (primary N) is 1. The molecule has 0 atom stereocenters. The number of aromatic nitrogens is 5. The number of ether oxygens (including phenoxy) is 1. The summed E-state index contributed by atoms with van der Waals surface area (Å²) in [5, 5.41) is 6.43. The molecule has 8 heteroatoms. The number of nitrogens with zero attached hydrogens (tertiary/aromatic N) is 4. The van der Waals surface area contributed by atoms with Gasteiger partial charge < -0.3 is 10.6 Å². The van der Waals surface area contributed by atoms with Crippen molar-refractivity contribution in [2.24, 2.45) is 0 Å². The molecule has 0 aliphatic rings. The molecular weight excluding hydrogens is 216 g/mol. The molecule has 0 amide bonds. The van der Waals surface area contributed by atoms with Crippen molar-refractivity contribution < 1.29 is 4.74 Å². The first-order valence-electron chi connectivity index (χ1n) is 4.07. The molecule has 0 aliphatic heterocycles. The van der Waals surface area contributed by atoms with Gasteiger partial charge in [-0.25, -0.2) is 9.66 Å². The Bertz CT molecular complexity index is 492. The minimum atomic E-state index is 0.183. The highest BCUT2D eigenvalue weighted by molar-refractivity contribution is 7.71. The van der Waals surface area contributed by atoms with Gasteiger partial charge in [-0.1, -0.05) is 0 Å². The van der Waals surface area contributed by atoms with Gasteiger partial charge in [0.1, 0.15) is 0 Å². The van der Waals surface area contributed by atoms with Gasteiger partial charge in [-0.15, -0.1) is 0 Å². The summed E-state index contributed by atoms with van der Waals surface area (Å²) in [5.41, 5.74) is 0. The summed E-state index contributed by atoms with van der Waals surface area (Å²) in [6.07, 6.45) is 4.60. The van der Waals surface area contributed by atoms with Crippen LogP contribution < -0.4 is 10.6 Å². The van der Waals surface area contributed by atoms with Crippen molar-refractivity contribution in [3.8, 4) is 5.88 Å². The van der Waals surface area contributed by atoms with Crippen molar-refractivity contribution in [3.63, 3.8) is 0 Å². The average molecular weight is 224 g/mol. The minimum absolute atomic E-state index is 0.183. The molecular formula is C7H8N6OS. The zero-order valence-electron chi connectivity index (χ0n) is 7.62. The van der Waals surface area contributed by atoms with Crippen LogP contribution in [0.25, 0.3) is 0 Å². The van der Waals surface area contributed by atoms with Crippen molar-refractivity contribution in [3.05, 3.63) is 29.2 Å². The molecule has 0 fully saturated rings. The van der Waals surface area contributed by atoms with Crippen LogP contribution in [-0.2, 0) is 6.61 Å². The summed E-state index contributed by atoms with van der Waals surface area (Å²) in [5.74, 6) is 6.47. The summed E-state index contributed by atoms with van der Waals surface area (Å²) in [4.78, 5) is 7.78. The molecule has 0 bridgehead atoms. The number of hydrogen-bond donors (Lipinski definition) is 2. The summed E-state index contributed by atoms with van der Waals surface area (Å²) >= 11 is 4.84. The van der Waals surface area contributed by atoms with Gasteiger partial charge in [-0.05, 0) is 12.2 Å². The summed E-state index contributed by atoms with van der Waals surface area (Å²) in [7, 11) is 0. The highest BCUT2D eigenvalue weighted by Crippen LogP contribution is 2.03. The molecule has 78 valence electrons. The fraction of sp³-hybridized carbons (Fsp3) is 0.143. The highest BCUT2D eigenvalue weighted by Gasteiger charge is 2.03. The van der Waals surface area contributed by atoms with Crippen molar-refractivity contribution in [1.29, 1.82) is 0 Å². The van der Waals surface area contributed by atoms with E-state index in [0.717, 1.165) is 0 Å². The van der Waals surface area contributed by atoms with Gasteiger partial charge in [-0.2, -0.15) is 5.10 Å². The molecule has 0 aliphatic carbocycles. The predicted octanol–water partition coefficient (Wildman–Crippen LogP) is 0.0235. The number of hydrogen-bond acceptors (Lipinski definition) is 6. The number of nitrogen functional groups attached to an aromatic ring is 1. The Hall–Kier alpha value is -1.96. The minimum Gasteiger partial charge on any atom is -0.468 e. The SMILES string of the molecule is Nn1c(COc2cnccn2)n[nH]c1=S. The van der Waals surface area contributed by atoms with Gasteiger partial charge in [0.2, 0.25) is 10.7 Å². The third-order valence-electron chi connectivity index (χ3n) is 1.67. The average Bonchev–Trinajstić information content (AvgIpc) is 2.59. The van der Waals surface area contributed by atoms with E-state index in [-0.39, 0.29) is 6.61 Å². The standard InChI is InChI=1S/C7H8N6OS/c8-13-5(11-12-7(13)15)4-14-6-3-9-1-2-10-6/h1-3H,4,8H2,(H,12,15). The Morgan fingerprint density at radius 1 is 1.53 bits per heavy atom. The largest absolute Gasteiger partial charge is 0.468 e. The van der Waals surface area contributed by atoms with Crippen molar-refractivity contribution in [1.82, 2.24) is 24.8 Å². The molecule has 0 unspecified atom stereocenters. The van der Waals surface area contributed by atoms with Crippen LogP contribution >= 0.6 is 12.2 Å². The maximum atomic E-state index is 5.57. The molecule has 0 saturated carbocycles. The lowest BCUT2D eigenvalue weighted by Crippen LogP contribution is -2.14. The van der Waals surface area contributed by atoms with Crippen molar-refractivity contribution >= 4 is 12.2 Å². The number of rotatable bonds is 3. The molecule has 7 nitrogen and oxygen atoms in total. The molecule has 15 heavy (non-hydrogen) atoms.